The van der Waals surface area contributed by atoms with Crippen molar-refractivity contribution in [2.24, 2.45) is 0 Å². The molecule has 0 unspecified atom stereocenters. The van der Waals surface area contributed by atoms with Gasteiger partial charge in [0.15, 0.2) is 0 Å². The lowest BCUT2D eigenvalue weighted by Crippen LogP contribution is -2.03. The van der Waals surface area contributed by atoms with Crippen molar-refractivity contribution >= 4 is 11.5 Å². The van der Waals surface area contributed by atoms with E-state index in [4.69, 9.17) is 5.26 Å². The smallest absolute Gasteiger partial charge is 0.148 e. The Morgan fingerprint density at radius 2 is 2.05 bits per heavy atom. The monoisotopic (exact) mass is 278 g/mol. The molecule has 0 radical (unpaired) electrons. The van der Waals surface area contributed by atoms with Gasteiger partial charge in [-0.05, 0) is 43.0 Å². The first-order chi connectivity index (χ1) is 10.2. The minimum Gasteiger partial charge on any atom is -0.338 e. The van der Waals surface area contributed by atoms with E-state index < -0.39 is 5.82 Å². The number of aromatic nitrogens is 1. The van der Waals surface area contributed by atoms with Gasteiger partial charge in [0.05, 0.1) is 11.3 Å². The van der Waals surface area contributed by atoms with Gasteiger partial charge in [-0.3, -0.25) is 0 Å². The van der Waals surface area contributed by atoms with Gasteiger partial charge in [0.1, 0.15) is 29.3 Å². The predicted molar refractivity (Wildman–Crippen MR) is 75.4 cm³/mol. The maximum Gasteiger partial charge on any atom is 0.148 e. The van der Waals surface area contributed by atoms with Crippen molar-refractivity contribution in [1.29, 1.82) is 10.5 Å². The first-order valence-corrected chi connectivity index (χ1v) is 6.61. The molecule has 3 rings (SSSR count). The molecule has 1 heterocycles. The van der Waals surface area contributed by atoms with Gasteiger partial charge in [0, 0.05) is 5.69 Å². The molecule has 4 nitrogen and oxygen atoms in total. The molecule has 0 aliphatic heterocycles. The number of fused-ring (bicyclic) bond motifs is 1. The predicted octanol–water partition coefficient (Wildman–Crippen LogP) is 3.20. The van der Waals surface area contributed by atoms with Crippen molar-refractivity contribution in [1.82, 2.24) is 4.98 Å². The van der Waals surface area contributed by atoms with E-state index in [1.165, 1.54) is 12.1 Å². The van der Waals surface area contributed by atoms with Gasteiger partial charge in [-0.1, -0.05) is 6.07 Å². The zero-order chi connectivity index (χ0) is 14.8. The second kappa shape index (κ2) is 5.22. The molecule has 0 spiro atoms. The highest BCUT2D eigenvalue weighted by molar-refractivity contribution is 5.69. The molecule has 2 aromatic rings. The molecule has 1 aromatic heterocycles. The summed E-state index contributed by atoms with van der Waals surface area (Å²) < 4.78 is 13.6. The van der Waals surface area contributed by atoms with Gasteiger partial charge in [-0.15, -0.1) is 0 Å². The highest BCUT2D eigenvalue weighted by atomic mass is 19.1. The fourth-order valence-corrected chi connectivity index (χ4v) is 2.52. The third kappa shape index (κ3) is 2.30. The number of hydrogen-bond donors (Lipinski definition) is 1. The summed E-state index contributed by atoms with van der Waals surface area (Å²) in [7, 11) is 0. The molecule has 21 heavy (non-hydrogen) atoms. The molecule has 0 bridgehead atoms. The van der Waals surface area contributed by atoms with Crippen LogP contribution in [0.3, 0.4) is 0 Å². The number of hydrogen-bond acceptors (Lipinski definition) is 4. The van der Waals surface area contributed by atoms with E-state index in [-0.39, 0.29) is 5.56 Å². The van der Waals surface area contributed by atoms with E-state index in [0.29, 0.717) is 17.1 Å². The largest absolute Gasteiger partial charge is 0.338 e. The van der Waals surface area contributed by atoms with Gasteiger partial charge in [-0.25, -0.2) is 9.37 Å². The van der Waals surface area contributed by atoms with E-state index in [9.17, 15) is 9.65 Å². The Morgan fingerprint density at radius 1 is 1.19 bits per heavy atom. The van der Waals surface area contributed by atoms with Crippen LogP contribution in [-0.2, 0) is 12.8 Å². The summed E-state index contributed by atoms with van der Waals surface area (Å²) in [6, 6.07) is 10.1. The molecule has 0 fully saturated rings. The number of nitriles is 2. The molecule has 0 atom stereocenters. The zero-order valence-electron chi connectivity index (χ0n) is 11.2. The minimum absolute atomic E-state index is 0.0799. The van der Waals surface area contributed by atoms with Crippen LogP contribution in [0.1, 0.15) is 28.8 Å². The number of rotatable bonds is 2. The second-order valence-electron chi connectivity index (χ2n) is 4.85. The minimum atomic E-state index is -0.595. The van der Waals surface area contributed by atoms with Gasteiger partial charge in [0.25, 0.3) is 0 Å². The number of anilines is 2. The molecule has 102 valence electrons. The maximum absolute atomic E-state index is 13.6. The van der Waals surface area contributed by atoms with Gasteiger partial charge >= 0.3 is 0 Å². The van der Waals surface area contributed by atoms with Crippen molar-refractivity contribution in [2.75, 3.05) is 5.32 Å². The summed E-state index contributed by atoms with van der Waals surface area (Å²) in [5, 5.41) is 21.2. The highest BCUT2D eigenvalue weighted by Crippen LogP contribution is 2.28. The Hall–Kier alpha value is -2.92. The van der Waals surface area contributed by atoms with Crippen molar-refractivity contribution in [3.8, 4) is 12.1 Å². The number of halogens is 1. The van der Waals surface area contributed by atoms with Crippen LogP contribution < -0.4 is 5.32 Å². The Balaban J connectivity index is 2.05. The second-order valence-corrected chi connectivity index (χ2v) is 4.85. The maximum atomic E-state index is 13.6. The van der Waals surface area contributed by atoms with E-state index >= 15 is 0 Å². The summed E-state index contributed by atoms with van der Waals surface area (Å²) in [5.74, 6) is -0.220. The standard InChI is InChI=1S/C16H11FN4/c17-13-4-2-6-15(12(13)9-19)21-16-11(8-18)7-10-3-1-5-14(10)20-16/h2,4,6-7H,1,3,5H2,(H,20,21). The van der Waals surface area contributed by atoms with Crippen LogP contribution in [0.25, 0.3) is 0 Å². The molecule has 0 amide bonds. The number of nitrogens with zero attached hydrogens (tertiary/aromatic N) is 3. The molecule has 1 aromatic carbocycles. The fraction of sp³-hybridized carbons (Fsp3) is 0.188. The molecular formula is C16H11FN4. The first kappa shape index (κ1) is 13.1. The van der Waals surface area contributed by atoms with Crippen molar-refractivity contribution < 1.29 is 4.39 Å². The third-order valence-corrected chi connectivity index (χ3v) is 3.55. The van der Waals surface area contributed by atoms with Crippen LogP contribution in [-0.4, -0.2) is 4.98 Å². The Labute approximate surface area is 121 Å². The number of nitrogens with one attached hydrogen (secondary N) is 1. The van der Waals surface area contributed by atoms with Gasteiger partial charge in [0.2, 0.25) is 0 Å². The first-order valence-electron chi connectivity index (χ1n) is 6.61. The molecular weight excluding hydrogens is 267 g/mol. The van der Waals surface area contributed by atoms with Crippen molar-refractivity contribution in [2.45, 2.75) is 19.3 Å². The molecule has 0 saturated carbocycles. The Morgan fingerprint density at radius 3 is 2.81 bits per heavy atom. The molecule has 1 N–H and O–H groups in total. The lowest BCUT2D eigenvalue weighted by Gasteiger charge is -2.11. The van der Waals surface area contributed by atoms with Crippen LogP contribution in [0.15, 0.2) is 24.3 Å². The SMILES string of the molecule is N#Cc1cc2c(nc1Nc1cccc(F)c1C#N)CCC2. The number of pyridine rings is 1. The van der Waals surface area contributed by atoms with E-state index in [1.54, 1.807) is 6.07 Å². The van der Waals surface area contributed by atoms with Crippen molar-refractivity contribution in [3.63, 3.8) is 0 Å². The van der Waals surface area contributed by atoms with Crippen LogP contribution >= 0.6 is 0 Å². The van der Waals surface area contributed by atoms with Crippen LogP contribution in [0.4, 0.5) is 15.9 Å². The highest BCUT2D eigenvalue weighted by Gasteiger charge is 2.17. The molecule has 1 aliphatic carbocycles. The quantitative estimate of drug-likeness (QED) is 0.915. The van der Waals surface area contributed by atoms with E-state index in [2.05, 4.69) is 16.4 Å². The Bertz CT molecular complexity index is 799. The summed E-state index contributed by atoms with van der Waals surface area (Å²) >= 11 is 0. The number of aryl methyl sites for hydroxylation is 2. The summed E-state index contributed by atoms with van der Waals surface area (Å²) in [4.78, 5) is 4.46. The normalized spacial score (nSPS) is 12.3. The van der Waals surface area contributed by atoms with Crippen LogP contribution in [0.2, 0.25) is 0 Å². The number of benzene rings is 1. The van der Waals surface area contributed by atoms with E-state index in [1.807, 2.05) is 12.1 Å². The van der Waals surface area contributed by atoms with E-state index in [0.717, 1.165) is 30.5 Å². The molecule has 1 aliphatic rings. The van der Waals surface area contributed by atoms with Gasteiger partial charge < -0.3 is 5.32 Å². The average molecular weight is 278 g/mol. The summed E-state index contributed by atoms with van der Waals surface area (Å²) in [5.41, 5.74) is 2.70. The summed E-state index contributed by atoms with van der Waals surface area (Å²) in [6.45, 7) is 0. The van der Waals surface area contributed by atoms with Crippen LogP contribution in [0, 0.1) is 28.5 Å². The fourth-order valence-electron chi connectivity index (χ4n) is 2.52. The van der Waals surface area contributed by atoms with Crippen LogP contribution in [0.5, 0.6) is 0 Å². The molecule has 5 heteroatoms. The zero-order valence-corrected chi connectivity index (χ0v) is 11.2. The lowest BCUT2D eigenvalue weighted by molar-refractivity contribution is 0.624. The third-order valence-electron chi connectivity index (χ3n) is 3.55. The van der Waals surface area contributed by atoms with Gasteiger partial charge in [-0.2, -0.15) is 10.5 Å². The summed E-state index contributed by atoms with van der Waals surface area (Å²) in [6.07, 6.45) is 2.84. The molecule has 0 saturated heterocycles. The average Bonchev–Trinajstić information content (AvgIpc) is 2.94. The topological polar surface area (TPSA) is 72.5 Å². The van der Waals surface area contributed by atoms with Crippen molar-refractivity contribution in [3.05, 3.63) is 52.5 Å². The Kier molecular flexibility index (Phi) is 3.25. The lowest BCUT2D eigenvalue weighted by atomic mass is 10.1.